The number of hydrogen-bond acceptors (Lipinski definition) is 4. The van der Waals surface area contributed by atoms with Gasteiger partial charge in [0.05, 0.1) is 18.1 Å². The molecule has 1 N–H and O–H groups in total. The maximum absolute atomic E-state index is 5.29. The molecule has 1 saturated heterocycles. The molecule has 1 aromatic carbocycles. The van der Waals surface area contributed by atoms with Crippen molar-refractivity contribution in [1.29, 1.82) is 0 Å². The van der Waals surface area contributed by atoms with E-state index >= 15 is 0 Å². The Balaban J connectivity index is 2.01. The maximum Gasteiger partial charge on any atom is 0.206 e. The van der Waals surface area contributed by atoms with Crippen LogP contribution in [-0.4, -0.2) is 42.8 Å². The zero-order valence-corrected chi connectivity index (χ0v) is 11.5. The lowest BCUT2D eigenvalue weighted by Crippen LogP contribution is -2.29. The lowest BCUT2D eigenvalue weighted by atomic mass is 10.3. The normalized spacial score (nSPS) is 16.6. The number of fused-ring (bicyclic) bond motifs is 1. The van der Waals surface area contributed by atoms with Crippen LogP contribution in [0.2, 0.25) is 0 Å². The number of methoxy groups -OCH3 is 1. The Labute approximate surface area is 113 Å². The van der Waals surface area contributed by atoms with Gasteiger partial charge >= 0.3 is 0 Å². The minimum atomic E-state index is 0.875. The highest BCUT2D eigenvalue weighted by Gasteiger charge is 2.16. The SMILES string of the molecule is COc1ccc2nc(N3CCCNCC3)n(C)c2c1. The third-order valence-electron chi connectivity index (χ3n) is 3.69. The Bertz CT molecular complexity index is 570. The van der Waals surface area contributed by atoms with Crippen LogP contribution in [-0.2, 0) is 7.05 Å². The molecule has 2 aromatic rings. The fourth-order valence-corrected chi connectivity index (χ4v) is 2.61. The van der Waals surface area contributed by atoms with E-state index in [0.29, 0.717) is 0 Å². The third-order valence-corrected chi connectivity index (χ3v) is 3.69. The molecule has 3 rings (SSSR count). The number of hydrogen-bond donors (Lipinski definition) is 1. The van der Waals surface area contributed by atoms with Crippen molar-refractivity contribution in [2.75, 3.05) is 38.2 Å². The van der Waals surface area contributed by atoms with E-state index in [0.717, 1.165) is 55.3 Å². The van der Waals surface area contributed by atoms with Crippen LogP contribution in [0.5, 0.6) is 5.75 Å². The van der Waals surface area contributed by atoms with Crippen molar-refractivity contribution in [3.8, 4) is 5.75 Å². The van der Waals surface area contributed by atoms with Crippen LogP contribution in [0.25, 0.3) is 11.0 Å². The number of nitrogens with zero attached hydrogens (tertiary/aromatic N) is 3. The largest absolute Gasteiger partial charge is 0.497 e. The van der Waals surface area contributed by atoms with Gasteiger partial charge in [0.15, 0.2) is 0 Å². The molecule has 5 heteroatoms. The lowest BCUT2D eigenvalue weighted by Gasteiger charge is -2.20. The summed E-state index contributed by atoms with van der Waals surface area (Å²) in [6.45, 7) is 4.18. The summed E-state index contributed by atoms with van der Waals surface area (Å²) in [6, 6.07) is 6.03. The molecule has 1 aliphatic rings. The molecule has 0 unspecified atom stereocenters. The van der Waals surface area contributed by atoms with Crippen molar-refractivity contribution in [2.45, 2.75) is 6.42 Å². The number of rotatable bonds is 2. The predicted octanol–water partition coefficient (Wildman–Crippen LogP) is 1.38. The van der Waals surface area contributed by atoms with E-state index in [9.17, 15) is 0 Å². The number of nitrogens with one attached hydrogen (secondary N) is 1. The van der Waals surface area contributed by atoms with Gasteiger partial charge in [-0.3, -0.25) is 0 Å². The van der Waals surface area contributed by atoms with Gasteiger partial charge in [0.1, 0.15) is 5.75 Å². The van der Waals surface area contributed by atoms with Crippen LogP contribution in [0.3, 0.4) is 0 Å². The summed E-state index contributed by atoms with van der Waals surface area (Å²) >= 11 is 0. The molecule has 19 heavy (non-hydrogen) atoms. The fourth-order valence-electron chi connectivity index (χ4n) is 2.61. The summed E-state index contributed by atoms with van der Waals surface area (Å²) in [7, 11) is 3.77. The van der Waals surface area contributed by atoms with Gasteiger partial charge in [0.2, 0.25) is 5.95 Å². The van der Waals surface area contributed by atoms with Crippen molar-refractivity contribution in [3.05, 3.63) is 18.2 Å². The molecular weight excluding hydrogens is 240 g/mol. The van der Waals surface area contributed by atoms with Crippen LogP contribution in [0.15, 0.2) is 18.2 Å². The molecule has 2 heterocycles. The number of imidazole rings is 1. The van der Waals surface area contributed by atoms with E-state index in [1.807, 2.05) is 18.2 Å². The Morgan fingerprint density at radius 1 is 1.26 bits per heavy atom. The number of benzene rings is 1. The van der Waals surface area contributed by atoms with Gasteiger partial charge < -0.3 is 19.5 Å². The molecule has 0 spiro atoms. The van der Waals surface area contributed by atoms with Crippen LogP contribution in [0.4, 0.5) is 5.95 Å². The van der Waals surface area contributed by atoms with Crippen molar-refractivity contribution in [2.24, 2.45) is 7.05 Å². The van der Waals surface area contributed by atoms with E-state index in [1.54, 1.807) is 7.11 Å². The highest BCUT2D eigenvalue weighted by atomic mass is 16.5. The highest BCUT2D eigenvalue weighted by molar-refractivity contribution is 5.80. The van der Waals surface area contributed by atoms with E-state index in [1.165, 1.54) is 0 Å². The van der Waals surface area contributed by atoms with Crippen LogP contribution in [0.1, 0.15) is 6.42 Å². The summed E-state index contributed by atoms with van der Waals surface area (Å²) in [5.41, 5.74) is 2.14. The fraction of sp³-hybridized carbons (Fsp3) is 0.500. The topological polar surface area (TPSA) is 42.3 Å². The second-order valence-corrected chi connectivity index (χ2v) is 4.92. The summed E-state index contributed by atoms with van der Waals surface area (Å²) in [5.74, 6) is 1.92. The second kappa shape index (κ2) is 5.09. The average molecular weight is 260 g/mol. The number of aryl methyl sites for hydroxylation is 1. The standard InChI is InChI=1S/C14H20N4O/c1-17-13-10-11(19-2)4-5-12(13)16-14(17)18-8-3-6-15-7-9-18/h4-5,10,15H,3,6-9H2,1-2H3. The first kappa shape index (κ1) is 12.3. The van der Waals surface area contributed by atoms with E-state index < -0.39 is 0 Å². The first-order chi connectivity index (χ1) is 9.29. The van der Waals surface area contributed by atoms with Gasteiger partial charge in [0.25, 0.3) is 0 Å². The summed E-state index contributed by atoms with van der Waals surface area (Å²) in [5, 5.41) is 3.42. The van der Waals surface area contributed by atoms with Gasteiger partial charge in [-0.1, -0.05) is 0 Å². The minimum absolute atomic E-state index is 0.875. The first-order valence-electron chi connectivity index (χ1n) is 6.76. The van der Waals surface area contributed by atoms with Crippen molar-refractivity contribution in [3.63, 3.8) is 0 Å². The number of anilines is 1. The molecular formula is C14H20N4O. The second-order valence-electron chi connectivity index (χ2n) is 4.92. The van der Waals surface area contributed by atoms with Crippen molar-refractivity contribution >= 4 is 17.0 Å². The molecule has 0 amide bonds. The molecule has 0 atom stereocenters. The molecule has 1 aromatic heterocycles. The molecule has 102 valence electrons. The Kier molecular flexibility index (Phi) is 3.29. The van der Waals surface area contributed by atoms with Crippen LogP contribution < -0.4 is 15.0 Å². The van der Waals surface area contributed by atoms with E-state index in [2.05, 4.69) is 21.8 Å². The van der Waals surface area contributed by atoms with Gasteiger partial charge in [-0.05, 0) is 25.1 Å². The van der Waals surface area contributed by atoms with Crippen LogP contribution >= 0.6 is 0 Å². The van der Waals surface area contributed by atoms with Crippen molar-refractivity contribution in [1.82, 2.24) is 14.9 Å². The van der Waals surface area contributed by atoms with Gasteiger partial charge in [0, 0.05) is 32.7 Å². The average Bonchev–Trinajstić information content (AvgIpc) is 2.64. The van der Waals surface area contributed by atoms with Gasteiger partial charge in [-0.15, -0.1) is 0 Å². The number of aromatic nitrogens is 2. The summed E-state index contributed by atoms with van der Waals surface area (Å²) < 4.78 is 7.44. The maximum atomic E-state index is 5.29. The molecule has 0 radical (unpaired) electrons. The molecule has 5 nitrogen and oxygen atoms in total. The molecule has 0 aliphatic carbocycles. The van der Waals surface area contributed by atoms with Gasteiger partial charge in [-0.2, -0.15) is 0 Å². The Morgan fingerprint density at radius 3 is 3.00 bits per heavy atom. The molecule has 0 saturated carbocycles. The molecule has 1 fully saturated rings. The Morgan fingerprint density at radius 2 is 2.16 bits per heavy atom. The molecule has 0 bridgehead atoms. The number of ether oxygens (including phenoxy) is 1. The summed E-state index contributed by atoms with van der Waals surface area (Å²) in [4.78, 5) is 7.11. The Hall–Kier alpha value is -1.75. The zero-order valence-electron chi connectivity index (χ0n) is 11.5. The summed E-state index contributed by atoms with van der Waals surface area (Å²) in [6.07, 6.45) is 1.16. The molecule has 1 aliphatic heterocycles. The lowest BCUT2D eigenvalue weighted by molar-refractivity contribution is 0.415. The van der Waals surface area contributed by atoms with Crippen LogP contribution in [0, 0.1) is 0 Å². The zero-order chi connectivity index (χ0) is 13.2. The van der Waals surface area contributed by atoms with Gasteiger partial charge in [-0.25, -0.2) is 4.98 Å². The van der Waals surface area contributed by atoms with E-state index in [4.69, 9.17) is 9.72 Å². The smallest absolute Gasteiger partial charge is 0.206 e. The quantitative estimate of drug-likeness (QED) is 0.886. The predicted molar refractivity (Wildman–Crippen MR) is 77.0 cm³/mol. The monoisotopic (exact) mass is 260 g/mol. The van der Waals surface area contributed by atoms with E-state index in [-0.39, 0.29) is 0 Å². The third kappa shape index (κ3) is 2.26. The van der Waals surface area contributed by atoms with Crippen molar-refractivity contribution < 1.29 is 4.74 Å². The minimum Gasteiger partial charge on any atom is -0.497 e. The highest BCUT2D eigenvalue weighted by Crippen LogP contribution is 2.25. The first-order valence-corrected chi connectivity index (χ1v) is 6.76.